The zero-order valence-corrected chi connectivity index (χ0v) is 12.9. The van der Waals surface area contributed by atoms with Crippen molar-refractivity contribution in [2.75, 3.05) is 31.1 Å². The number of rotatable bonds is 4. The molecule has 1 aromatic carbocycles. The first-order valence-corrected chi connectivity index (χ1v) is 7.73. The van der Waals surface area contributed by atoms with Crippen molar-refractivity contribution in [1.29, 1.82) is 5.26 Å². The monoisotopic (exact) mass is 285 g/mol. The van der Waals surface area contributed by atoms with Gasteiger partial charge < -0.3 is 9.80 Å². The van der Waals surface area contributed by atoms with Gasteiger partial charge in [-0.15, -0.1) is 0 Å². The van der Waals surface area contributed by atoms with Crippen molar-refractivity contribution in [2.45, 2.75) is 26.7 Å². The van der Waals surface area contributed by atoms with Crippen LogP contribution in [0.5, 0.6) is 0 Å². The summed E-state index contributed by atoms with van der Waals surface area (Å²) in [6.07, 6.45) is 1.84. The van der Waals surface area contributed by atoms with Crippen molar-refractivity contribution >= 4 is 11.6 Å². The molecule has 0 bridgehead atoms. The Hall–Kier alpha value is -2.02. The van der Waals surface area contributed by atoms with Crippen molar-refractivity contribution in [3.05, 3.63) is 29.8 Å². The van der Waals surface area contributed by atoms with E-state index in [9.17, 15) is 4.79 Å². The number of nitriles is 1. The van der Waals surface area contributed by atoms with Gasteiger partial charge in [-0.3, -0.25) is 4.79 Å². The minimum atomic E-state index is 0.173. The van der Waals surface area contributed by atoms with E-state index in [1.54, 1.807) is 0 Å². The molecule has 0 spiro atoms. The highest BCUT2D eigenvalue weighted by atomic mass is 16.2. The highest BCUT2D eigenvalue weighted by molar-refractivity contribution is 5.79. The third-order valence-electron chi connectivity index (χ3n) is 4.29. The zero-order valence-electron chi connectivity index (χ0n) is 12.9. The van der Waals surface area contributed by atoms with E-state index in [0.29, 0.717) is 11.5 Å². The SMILES string of the molecule is CCC(CC)C(=O)N1CCN(c2ccc(C#N)cc2)CC1. The molecule has 0 unspecified atom stereocenters. The molecule has 2 rings (SSSR count). The molecule has 1 heterocycles. The van der Waals surface area contributed by atoms with Crippen LogP contribution in [0.2, 0.25) is 0 Å². The second kappa shape index (κ2) is 7.12. The first-order valence-electron chi connectivity index (χ1n) is 7.73. The molecule has 0 aliphatic carbocycles. The van der Waals surface area contributed by atoms with Gasteiger partial charge >= 0.3 is 0 Å². The Kier molecular flexibility index (Phi) is 5.21. The first kappa shape index (κ1) is 15.4. The van der Waals surface area contributed by atoms with Gasteiger partial charge in [-0.05, 0) is 37.1 Å². The third-order valence-corrected chi connectivity index (χ3v) is 4.29. The molecule has 0 radical (unpaired) electrons. The number of carbonyl (C=O) groups excluding carboxylic acids is 1. The number of carbonyl (C=O) groups is 1. The summed E-state index contributed by atoms with van der Waals surface area (Å²) in [4.78, 5) is 16.6. The number of benzene rings is 1. The molecule has 0 N–H and O–H groups in total. The molecule has 4 heteroatoms. The summed E-state index contributed by atoms with van der Waals surface area (Å²) in [5, 5.41) is 8.83. The number of anilines is 1. The molecular formula is C17H23N3O. The maximum Gasteiger partial charge on any atom is 0.225 e. The molecule has 4 nitrogen and oxygen atoms in total. The minimum Gasteiger partial charge on any atom is -0.368 e. The standard InChI is InChI=1S/C17H23N3O/c1-3-15(4-2)17(21)20-11-9-19(10-12-20)16-7-5-14(13-18)6-8-16/h5-8,15H,3-4,9-12H2,1-2H3. The highest BCUT2D eigenvalue weighted by Crippen LogP contribution is 2.19. The molecule has 21 heavy (non-hydrogen) atoms. The maximum atomic E-state index is 12.4. The lowest BCUT2D eigenvalue weighted by molar-refractivity contribution is -0.136. The Morgan fingerprint density at radius 2 is 1.71 bits per heavy atom. The van der Waals surface area contributed by atoms with Gasteiger partial charge in [-0.25, -0.2) is 0 Å². The van der Waals surface area contributed by atoms with Crippen molar-refractivity contribution in [1.82, 2.24) is 4.90 Å². The molecule has 0 atom stereocenters. The average Bonchev–Trinajstić information content (AvgIpc) is 2.56. The lowest BCUT2D eigenvalue weighted by atomic mass is 10.0. The second-order valence-corrected chi connectivity index (χ2v) is 5.48. The van der Waals surface area contributed by atoms with Crippen LogP contribution in [-0.4, -0.2) is 37.0 Å². The lowest BCUT2D eigenvalue weighted by Crippen LogP contribution is -2.50. The molecule has 1 amide bonds. The minimum absolute atomic E-state index is 0.173. The van der Waals surface area contributed by atoms with Crippen LogP contribution in [0, 0.1) is 17.2 Å². The number of hydrogen-bond donors (Lipinski definition) is 0. The molecule has 1 aliphatic rings. The van der Waals surface area contributed by atoms with Gasteiger partial charge in [-0.2, -0.15) is 5.26 Å². The second-order valence-electron chi connectivity index (χ2n) is 5.48. The van der Waals surface area contributed by atoms with Gasteiger partial charge in [0.25, 0.3) is 0 Å². The highest BCUT2D eigenvalue weighted by Gasteiger charge is 2.25. The van der Waals surface area contributed by atoms with E-state index in [-0.39, 0.29) is 5.92 Å². The molecule has 1 saturated heterocycles. The largest absolute Gasteiger partial charge is 0.368 e. The summed E-state index contributed by atoms with van der Waals surface area (Å²) in [6, 6.07) is 9.79. The Bertz CT molecular complexity index is 506. The van der Waals surface area contributed by atoms with E-state index in [4.69, 9.17) is 5.26 Å². The summed E-state index contributed by atoms with van der Waals surface area (Å²) in [5.74, 6) is 0.478. The Morgan fingerprint density at radius 1 is 1.14 bits per heavy atom. The van der Waals surface area contributed by atoms with Gasteiger partial charge in [0.2, 0.25) is 5.91 Å². The number of nitrogens with zero attached hydrogens (tertiary/aromatic N) is 3. The predicted molar refractivity (Wildman–Crippen MR) is 84.0 cm³/mol. The van der Waals surface area contributed by atoms with Crippen LogP contribution in [0.3, 0.4) is 0 Å². The number of piperazine rings is 1. The van der Waals surface area contributed by atoms with Crippen LogP contribution in [0.15, 0.2) is 24.3 Å². The summed E-state index contributed by atoms with van der Waals surface area (Å²) in [5.41, 5.74) is 1.81. The zero-order chi connectivity index (χ0) is 15.2. The van der Waals surface area contributed by atoms with Crippen LogP contribution >= 0.6 is 0 Å². The Balaban J connectivity index is 1.93. The predicted octanol–water partition coefficient (Wildman–Crippen LogP) is 2.64. The van der Waals surface area contributed by atoms with Crippen molar-refractivity contribution in [2.24, 2.45) is 5.92 Å². The van der Waals surface area contributed by atoms with Gasteiger partial charge in [0.1, 0.15) is 0 Å². The van der Waals surface area contributed by atoms with Crippen molar-refractivity contribution in [3.63, 3.8) is 0 Å². The van der Waals surface area contributed by atoms with Crippen LogP contribution in [0.4, 0.5) is 5.69 Å². The van der Waals surface area contributed by atoms with Gasteiger partial charge in [0.05, 0.1) is 11.6 Å². The number of hydrogen-bond acceptors (Lipinski definition) is 3. The summed E-state index contributed by atoms with van der Waals surface area (Å²) >= 11 is 0. The van der Waals surface area contributed by atoms with Crippen LogP contribution in [0.1, 0.15) is 32.3 Å². The lowest BCUT2D eigenvalue weighted by Gasteiger charge is -2.37. The molecule has 0 saturated carbocycles. The fraction of sp³-hybridized carbons (Fsp3) is 0.529. The van der Waals surface area contributed by atoms with E-state index >= 15 is 0 Å². The molecular weight excluding hydrogens is 262 g/mol. The van der Waals surface area contributed by atoms with Crippen LogP contribution in [0.25, 0.3) is 0 Å². The average molecular weight is 285 g/mol. The Morgan fingerprint density at radius 3 is 2.19 bits per heavy atom. The molecule has 0 aromatic heterocycles. The van der Waals surface area contributed by atoms with E-state index in [2.05, 4.69) is 24.8 Å². The Labute approximate surface area is 127 Å². The van der Waals surface area contributed by atoms with Crippen LogP contribution < -0.4 is 4.90 Å². The quantitative estimate of drug-likeness (QED) is 0.854. The molecule has 1 fully saturated rings. The van der Waals surface area contributed by atoms with Crippen molar-refractivity contribution in [3.8, 4) is 6.07 Å². The smallest absolute Gasteiger partial charge is 0.225 e. The van der Waals surface area contributed by atoms with E-state index in [0.717, 1.165) is 44.7 Å². The third kappa shape index (κ3) is 3.55. The van der Waals surface area contributed by atoms with E-state index in [1.807, 2.05) is 29.2 Å². The molecule has 1 aromatic rings. The normalized spacial score (nSPS) is 15.1. The molecule has 1 aliphatic heterocycles. The van der Waals surface area contributed by atoms with E-state index < -0.39 is 0 Å². The van der Waals surface area contributed by atoms with Gasteiger partial charge in [0.15, 0.2) is 0 Å². The van der Waals surface area contributed by atoms with E-state index in [1.165, 1.54) is 0 Å². The summed E-state index contributed by atoms with van der Waals surface area (Å²) < 4.78 is 0. The first-order chi connectivity index (χ1) is 10.2. The molecule has 112 valence electrons. The fourth-order valence-electron chi connectivity index (χ4n) is 2.83. The van der Waals surface area contributed by atoms with Gasteiger partial charge in [-0.1, -0.05) is 13.8 Å². The number of amides is 1. The van der Waals surface area contributed by atoms with Gasteiger partial charge in [0, 0.05) is 37.8 Å². The topological polar surface area (TPSA) is 47.3 Å². The fourth-order valence-corrected chi connectivity index (χ4v) is 2.83. The van der Waals surface area contributed by atoms with Crippen molar-refractivity contribution < 1.29 is 4.79 Å². The summed E-state index contributed by atoms with van der Waals surface area (Å²) in [7, 11) is 0. The maximum absolute atomic E-state index is 12.4. The van der Waals surface area contributed by atoms with Crippen LogP contribution in [-0.2, 0) is 4.79 Å². The summed E-state index contributed by atoms with van der Waals surface area (Å²) in [6.45, 7) is 7.46.